The van der Waals surface area contributed by atoms with Crippen molar-refractivity contribution in [2.75, 3.05) is 0 Å². The summed E-state index contributed by atoms with van der Waals surface area (Å²) in [6, 6.07) is 6.27. The zero-order valence-electron chi connectivity index (χ0n) is 14.2. The number of carbonyl (C=O) groups excluding carboxylic acids is 2. The number of benzene rings is 1. The standard InChI is InChI=1S/C20H13ClO6/c1-12(22)25-11-13-5-8-18-14(9-13)10-17(20(24)27-18)19(23)26-16-4-2-3-15(21)6-7-16/h2-5,7-10H,11H2,1H3. The van der Waals surface area contributed by atoms with Gasteiger partial charge in [0.1, 0.15) is 23.5 Å². The highest BCUT2D eigenvalue weighted by Crippen LogP contribution is 2.18. The average Bonchev–Trinajstić information content (AvgIpc) is 2.83. The number of esters is 2. The topological polar surface area (TPSA) is 82.8 Å². The number of hydrogen-bond donors (Lipinski definition) is 0. The van der Waals surface area contributed by atoms with E-state index in [1.165, 1.54) is 25.1 Å². The van der Waals surface area contributed by atoms with Crippen molar-refractivity contribution in [1.82, 2.24) is 0 Å². The number of carbonyl (C=O) groups is 2. The molecule has 3 rings (SSSR count). The Balaban J connectivity index is 1.90. The van der Waals surface area contributed by atoms with Gasteiger partial charge in [-0.1, -0.05) is 29.5 Å². The summed E-state index contributed by atoms with van der Waals surface area (Å²) in [5.41, 5.74) is 2.62. The molecular formula is C20H13ClO6. The lowest BCUT2D eigenvalue weighted by molar-refractivity contribution is -0.142. The lowest BCUT2D eigenvalue weighted by Gasteiger charge is -2.06. The van der Waals surface area contributed by atoms with Crippen molar-refractivity contribution in [2.45, 2.75) is 13.5 Å². The first-order valence-corrected chi connectivity index (χ1v) is 8.23. The zero-order chi connectivity index (χ0) is 19.4. The van der Waals surface area contributed by atoms with Gasteiger partial charge in [0.05, 0.1) is 5.03 Å². The van der Waals surface area contributed by atoms with E-state index in [9.17, 15) is 14.4 Å². The van der Waals surface area contributed by atoms with Crippen LogP contribution in [0.2, 0.25) is 0 Å². The van der Waals surface area contributed by atoms with Gasteiger partial charge in [-0.15, -0.1) is 0 Å². The molecule has 27 heavy (non-hydrogen) atoms. The van der Waals surface area contributed by atoms with Crippen LogP contribution in [0.4, 0.5) is 0 Å². The Bertz CT molecular complexity index is 1110. The van der Waals surface area contributed by atoms with E-state index < -0.39 is 17.6 Å². The van der Waals surface area contributed by atoms with E-state index >= 15 is 0 Å². The number of hydrogen-bond acceptors (Lipinski definition) is 6. The van der Waals surface area contributed by atoms with Gasteiger partial charge in [-0.3, -0.25) is 4.79 Å². The number of rotatable bonds is 4. The normalized spacial score (nSPS) is 13.0. The van der Waals surface area contributed by atoms with E-state index in [2.05, 4.69) is 5.73 Å². The molecule has 1 heterocycles. The minimum atomic E-state index is -0.869. The predicted molar refractivity (Wildman–Crippen MR) is 98.0 cm³/mol. The maximum absolute atomic E-state index is 12.4. The van der Waals surface area contributed by atoms with Gasteiger partial charge < -0.3 is 13.9 Å². The second-order valence-corrected chi connectivity index (χ2v) is 5.96. The summed E-state index contributed by atoms with van der Waals surface area (Å²) in [5.74, 6) is -1.10. The molecule has 0 saturated carbocycles. The van der Waals surface area contributed by atoms with Crippen molar-refractivity contribution < 1.29 is 23.5 Å². The SMILES string of the molecule is CC(=O)OCc1ccc2oc(=O)c(C(=O)OC3=CC=CC(Cl)=C=C3)cc2c1. The predicted octanol–water partition coefficient (Wildman–Crippen LogP) is 3.74. The van der Waals surface area contributed by atoms with Crippen LogP contribution in [0.3, 0.4) is 0 Å². The van der Waals surface area contributed by atoms with Crippen LogP contribution in [0, 0.1) is 0 Å². The highest BCUT2D eigenvalue weighted by atomic mass is 35.5. The molecule has 0 amide bonds. The van der Waals surface area contributed by atoms with Crippen LogP contribution >= 0.6 is 11.6 Å². The van der Waals surface area contributed by atoms with Gasteiger partial charge >= 0.3 is 17.6 Å². The number of halogens is 1. The molecule has 0 radical (unpaired) electrons. The summed E-state index contributed by atoms with van der Waals surface area (Å²) in [6.07, 6.45) is 6.07. The Hall–Kier alpha value is -3.34. The molecule has 0 fully saturated rings. The van der Waals surface area contributed by atoms with Crippen molar-refractivity contribution in [1.29, 1.82) is 0 Å². The third-order valence-corrected chi connectivity index (χ3v) is 3.76. The van der Waals surface area contributed by atoms with Crippen LogP contribution in [-0.2, 0) is 20.9 Å². The van der Waals surface area contributed by atoms with Crippen molar-refractivity contribution in [2.24, 2.45) is 0 Å². The molecule has 6 nitrogen and oxygen atoms in total. The van der Waals surface area contributed by atoms with Crippen LogP contribution in [0.1, 0.15) is 22.8 Å². The van der Waals surface area contributed by atoms with Crippen molar-refractivity contribution in [3.63, 3.8) is 0 Å². The van der Waals surface area contributed by atoms with Crippen LogP contribution in [-0.4, -0.2) is 11.9 Å². The van der Waals surface area contributed by atoms with Gasteiger partial charge in [0, 0.05) is 18.4 Å². The quantitative estimate of drug-likeness (QED) is 0.453. The zero-order valence-corrected chi connectivity index (χ0v) is 14.9. The molecule has 1 aliphatic rings. The Labute approximate surface area is 158 Å². The average molecular weight is 385 g/mol. The summed E-state index contributed by atoms with van der Waals surface area (Å²) in [4.78, 5) is 35.4. The molecule has 0 atom stereocenters. The van der Waals surface area contributed by atoms with Gasteiger partial charge in [-0.25, -0.2) is 9.59 Å². The van der Waals surface area contributed by atoms with Gasteiger partial charge in [-0.2, -0.15) is 0 Å². The van der Waals surface area contributed by atoms with Crippen LogP contribution < -0.4 is 5.63 Å². The maximum Gasteiger partial charge on any atom is 0.351 e. The van der Waals surface area contributed by atoms with Crippen LogP contribution in [0.15, 0.2) is 74.3 Å². The third-order valence-electron chi connectivity index (χ3n) is 3.52. The highest BCUT2D eigenvalue weighted by Gasteiger charge is 2.17. The molecule has 1 aromatic heterocycles. The van der Waals surface area contributed by atoms with Crippen molar-refractivity contribution in [3.8, 4) is 0 Å². The van der Waals surface area contributed by atoms with Gasteiger partial charge in [0.25, 0.3) is 0 Å². The fourth-order valence-corrected chi connectivity index (χ4v) is 2.41. The molecular weight excluding hydrogens is 372 g/mol. The molecule has 0 aliphatic heterocycles. The smallest absolute Gasteiger partial charge is 0.351 e. The molecule has 0 bridgehead atoms. The third kappa shape index (κ3) is 4.64. The minimum absolute atomic E-state index is 0.0707. The molecule has 0 spiro atoms. The summed E-state index contributed by atoms with van der Waals surface area (Å²) in [7, 11) is 0. The largest absolute Gasteiger partial charge is 0.461 e. The molecule has 7 heteroatoms. The highest BCUT2D eigenvalue weighted by molar-refractivity contribution is 6.31. The number of fused-ring (bicyclic) bond motifs is 1. The molecule has 136 valence electrons. The Kier molecular flexibility index (Phi) is 5.41. The Morgan fingerprint density at radius 3 is 2.85 bits per heavy atom. The fraction of sp³-hybridized carbons (Fsp3) is 0.100. The monoisotopic (exact) mass is 384 g/mol. The van der Waals surface area contributed by atoms with E-state index in [1.807, 2.05) is 0 Å². The second kappa shape index (κ2) is 7.91. The summed E-state index contributed by atoms with van der Waals surface area (Å²) in [5, 5.41) is 0.849. The first-order valence-electron chi connectivity index (χ1n) is 7.85. The lowest BCUT2D eigenvalue weighted by Crippen LogP contribution is -2.16. The van der Waals surface area contributed by atoms with Gasteiger partial charge in [0.2, 0.25) is 0 Å². The molecule has 1 aromatic carbocycles. The molecule has 2 aromatic rings. The van der Waals surface area contributed by atoms with Gasteiger partial charge in [0.15, 0.2) is 0 Å². The first kappa shape index (κ1) is 18.5. The molecule has 0 unspecified atom stereocenters. The van der Waals surface area contributed by atoms with E-state index in [0.29, 0.717) is 21.6 Å². The Morgan fingerprint density at radius 1 is 1.26 bits per heavy atom. The number of allylic oxidation sites excluding steroid dienone is 4. The van der Waals surface area contributed by atoms with E-state index in [0.717, 1.165) is 0 Å². The molecule has 0 N–H and O–H groups in total. The number of ether oxygens (including phenoxy) is 2. The van der Waals surface area contributed by atoms with Crippen molar-refractivity contribution >= 4 is 34.5 Å². The maximum atomic E-state index is 12.4. The molecule has 0 saturated heterocycles. The summed E-state index contributed by atoms with van der Waals surface area (Å²) in [6.45, 7) is 1.38. The van der Waals surface area contributed by atoms with E-state index in [4.69, 9.17) is 25.5 Å². The van der Waals surface area contributed by atoms with Gasteiger partial charge in [-0.05, 0) is 35.9 Å². The lowest BCUT2D eigenvalue weighted by atomic mass is 10.1. The summed E-state index contributed by atoms with van der Waals surface area (Å²) >= 11 is 5.81. The van der Waals surface area contributed by atoms with Crippen LogP contribution in [0.5, 0.6) is 0 Å². The fourth-order valence-electron chi connectivity index (χ4n) is 2.28. The molecule has 1 aliphatic carbocycles. The van der Waals surface area contributed by atoms with E-state index in [1.54, 1.807) is 30.4 Å². The van der Waals surface area contributed by atoms with Crippen molar-refractivity contribution in [3.05, 3.63) is 86.6 Å². The summed E-state index contributed by atoms with van der Waals surface area (Å²) < 4.78 is 15.3. The second-order valence-electron chi connectivity index (χ2n) is 5.55. The van der Waals surface area contributed by atoms with Crippen LogP contribution in [0.25, 0.3) is 11.0 Å². The van der Waals surface area contributed by atoms with E-state index in [-0.39, 0.29) is 17.9 Å². The first-order chi connectivity index (χ1) is 12.9. The Morgan fingerprint density at radius 2 is 2.07 bits per heavy atom. The minimum Gasteiger partial charge on any atom is -0.461 e.